The van der Waals surface area contributed by atoms with E-state index in [1.165, 1.54) is 29.2 Å². The van der Waals surface area contributed by atoms with Crippen molar-refractivity contribution in [2.45, 2.75) is 16.3 Å². The molecule has 9 heteroatoms. The first kappa shape index (κ1) is 20.2. The molecular weight excluding hydrogens is 427 g/mol. The van der Waals surface area contributed by atoms with Crippen LogP contribution in [0.2, 0.25) is 0 Å². The average molecular weight is 447 g/mol. The first-order valence-electron chi connectivity index (χ1n) is 9.10. The molecule has 0 bridgehead atoms. The minimum absolute atomic E-state index is 0.0118. The van der Waals surface area contributed by atoms with E-state index in [-0.39, 0.29) is 22.9 Å². The molecule has 1 N–H and O–H groups in total. The summed E-state index contributed by atoms with van der Waals surface area (Å²) in [5, 5.41) is 12.0. The van der Waals surface area contributed by atoms with Gasteiger partial charge in [0, 0.05) is 24.4 Å². The number of hydrogen-bond acceptors (Lipinski definition) is 7. The Hall–Kier alpha value is -2.10. The van der Waals surface area contributed by atoms with Crippen LogP contribution in [0.15, 0.2) is 58.9 Å². The zero-order valence-corrected chi connectivity index (χ0v) is 17.9. The fraction of sp³-hybridized carbons (Fsp3) is 0.250. The molecule has 4 rings (SSSR count). The summed E-state index contributed by atoms with van der Waals surface area (Å²) in [6.07, 6.45) is 0. The van der Waals surface area contributed by atoms with Crippen LogP contribution in [-0.2, 0) is 11.3 Å². The molecule has 0 saturated carbocycles. The van der Waals surface area contributed by atoms with Crippen molar-refractivity contribution < 1.29 is 9.18 Å². The number of aromatic nitrogens is 2. The van der Waals surface area contributed by atoms with E-state index < -0.39 is 0 Å². The highest BCUT2D eigenvalue weighted by Crippen LogP contribution is 2.39. The molecule has 1 amide bonds. The second kappa shape index (κ2) is 9.60. The van der Waals surface area contributed by atoms with Crippen LogP contribution < -0.4 is 5.32 Å². The van der Waals surface area contributed by atoms with Crippen molar-refractivity contribution in [2.24, 2.45) is 0 Å². The van der Waals surface area contributed by atoms with Gasteiger partial charge in [-0.15, -0.1) is 22.0 Å². The summed E-state index contributed by atoms with van der Waals surface area (Å²) in [5.74, 6) is 0.790. The van der Waals surface area contributed by atoms with E-state index >= 15 is 0 Å². The van der Waals surface area contributed by atoms with Crippen LogP contribution >= 0.6 is 34.9 Å². The molecule has 0 spiro atoms. The third-order valence-corrected chi connectivity index (χ3v) is 7.64. The van der Waals surface area contributed by atoms with Gasteiger partial charge in [-0.25, -0.2) is 4.39 Å². The predicted molar refractivity (Wildman–Crippen MR) is 118 cm³/mol. The van der Waals surface area contributed by atoms with Gasteiger partial charge in [0.2, 0.25) is 11.0 Å². The highest BCUT2D eigenvalue weighted by Gasteiger charge is 2.32. The quantitative estimate of drug-likeness (QED) is 0.533. The van der Waals surface area contributed by atoms with Crippen molar-refractivity contribution in [1.82, 2.24) is 15.1 Å². The second-order valence-electron chi connectivity index (χ2n) is 6.33. The molecule has 2 heterocycles. The molecule has 0 aliphatic carbocycles. The summed E-state index contributed by atoms with van der Waals surface area (Å²) < 4.78 is 14.9. The van der Waals surface area contributed by atoms with Crippen LogP contribution in [-0.4, -0.2) is 39.1 Å². The molecule has 1 fully saturated rings. The lowest BCUT2D eigenvalue weighted by atomic mass is 10.2. The number of rotatable bonds is 7. The smallest absolute Gasteiger partial charge is 0.234 e. The van der Waals surface area contributed by atoms with Gasteiger partial charge in [0.05, 0.1) is 5.75 Å². The van der Waals surface area contributed by atoms with Gasteiger partial charge in [0.15, 0.2) is 4.34 Å². The number of hydrogen-bond donors (Lipinski definition) is 1. The summed E-state index contributed by atoms with van der Waals surface area (Å²) in [7, 11) is 0. The Kier molecular flexibility index (Phi) is 6.68. The normalized spacial score (nSPS) is 16.2. The number of halogens is 1. The van der Waals surface area contributed by atoms with Crippen molar-refractivity contribution in [3.05, 3.63) is 71.5 Å². The zero-order chi connectivity index (χ0) is 20.1. The zero-order valence-electron chi connectivity index (χ0n) is 15.5. The maximum atomic E-state index is 14.1. The molecule has 1 atom stereocenters. The summed E-state index contributed by atoms with van der Waals surface area (Å²) in [6.45, 7) is 1.30. The van der Waals surface area contributed by atoms with Gasteiger partial charge < -0.3 is 10.2 Å². The molecule has 1 aliphatic heterocycles. The Morgan fingerprint density at radius 2 is 1.97 bits per heavy atom. The van der Waals surface area contributed by atoms with E-state index in [0.29, 0.717) is 18.7 Å². The van der Waals surface area contributed by atoms with Gasteiger partial charge in [-0.05, 0) is 11.6 Å². The highest BCUT2D eigenvalue weighted by atomic mass is 32.2. The van der Waals surface area contributed by atoms with E-state index in [0.717, 1.165) is 20.8 Å². The number of carbonyl (C=O) groups is 1. The topological polar surface area (TPSA) is 58.1 Å². The lowest BCUT2D eigenvalue weighted by Crippen LogP contribution is -2.32. The van der Waals surface area contributed by atoms with Gasteiger partial charge >= 0.3 is 0 Å². The molecule has 3 aromatic rings. The van der Waals surface area contributed by atoms with E-state index in [2.05, 4.69) is 15.5 Å². The third-order valence-electron chi connectivity index (χ3n) is 4.39. The maximum Gasteiger partial charge on any atom is 0.234 e. The van der Waals surface area contributed by atoms with Crippen LogP contribution in [0.25, 0.3) is 0 Å². The minimum Gasteiger partial charge on any atom is -0.356 e. The molecule has 0 unspecified atom stereocenters. The molecule has 0 radical (unpaired) electrons. The molecule has 150 valence electrons. The number of anilines is 1. The Bertz CT molecular complexity index is 969. The fourth-order valence-electron chi connectivity index (χ4n) is 2.98. The van der Waals surface area contributed by atoms with Crippen molar-refractivity contribution in [2.75, 3.05) is 23.4 Å². The Morgan fingerprint density at radius 1 is 1.17 bits per heavy atom. The molecule has 5 nitrogen and oxygen atoms in total. The third kappa shape index (κ3) is 5.09. The van der Waals surface area contributed by atoms with E-state index in [9.17, 15) is 9.18 Å². The van der Waals surface area contributed by atoms with Gasteiger partial charge in [-0.1, -0.05) is 71.6 Å². The van der Waals surface area contributed by atoms with E-state index in [4.69, 9.17) is 0 Å². The summed E-state index contributed by atoms with van der Waals surface area (Å²) in [4.78, 5) is 14.5. The first-order valence-corrected chi connectivity index (χ1v) is 12.0. The number of amides is 1. The molecule has 1 aliphatic rings. The monoisotopic (exact) mass is 446 g/mol. The molecule has 2 aromatic carbocycles. The van der Waals surface area contributed by atoms with Crippen molar-refractivity contribution in [3.8, 4) is 0 Å². The average Bonchev–Trinajstić information content (AvgIpc) is 3.41. The lowest BCUT2D eigenvalue weighted by Gasteiger charge is -2.24. The Labute approximate surface area is 181 Å². The Balaban J connectivity index is 1.31. The lowest BCUT2D eigenvalue weighted by molar-refractivity contribution is -0.128. The van der Waals surface area contributed by atoms with E-state index in [1.807, 2.05) is 30.3 Å². The van der Waals surface area contributed by atoms with Crippen LogP contribution in [0.3, 0.4) is 0 Å². The van der Waals surface area contributed by atoms with Crippen LogP contribution in [0.5, 0.6) is 0 Å². The van der Waals surface area contributed by atoms with Crippen LogP contribution in [0.1, 0.15) is 16.5 Å². The van der Waals surface area contributed by atoms with Gasteiger partial charge in [0.1, 0.15) is 11.2 Å². The standard InChI is InChI=1S/C20H19FN4OS3/c21-16-9-5-4-8-15(16)18-25(10-11-27-18)17(26)13-28-20-24-23-19(29-20)22-12-14-6-2-1-3-7-14/h1-9,18H,10-13H2,(H,22,23)/t18-/m1/s1. The number of carbonyl (C=O) groups excluding carboxylic acids is 1. The number of thioether (sulfide) groups is 2. The second-order valence-corrected chi connectivity index (χ2v) is 9.72. The first-order chi connectivity index (χ1) is 14.2. The highest BCUT2D eigenvalue weighted by molar-refractivity contribution is 8.01. The summed E-state index contributed by atoms with van der Waals surface area (Å²) in [5.41, 5.74) is 1.73. The molecular formula is C20H19FN4OS3. The maximum absolute atomic E-state index is 14.1. The number of nitrogens with zero attached hydrogens (tertiary/aromatic N) is 3. The molecule has 1 aromatic heterocycles. The van der Waals surface area contributed by atoms with Crippen LogP contribution in [0.4, 0.5) is 9.52 Å². The summed E-state index contributed by atoms with van der Waals surface area (Å²) in [6, 6.07) is 16.7. The SMILES string of the molecule is O=C(CSc1nnc(NCc2ccccc2)s1)N1CCS[C@@H]1c1ccccc1F. The van der Waals surface area contributed by atoms with Gasteiger partial charge in [-0.2, -0.15) is 0 Å². The predicted octanol–water partition coefficient (Wildman–Crippen LogP) is 4.66. The minimum atomic E-state index is -0.268. The van der Waals surface area contributed by atoms with Gasteiger partial charge in [0.25, 0.3) is 0 Å². The summed E-state index contributed by atoms with van der Waals surface area (Å²) >= 11 is 4.40. The van der Waals surface area contributed by atoms with E-state index in [1.54, 1.807) is 34.9 Å². The molecule has 29 heavy (non-hydrogen) atoms. The molecule has 1 saturated heterocycles. The number of nitrogens with one attached hydrogen (secondary N) is 1. The Morgan fingerprint density at radius 3 is 2.79 bits per heavy atom. The number of benzene rings is 2. The van der Waals surface area contributed by atoms with Crippen LogP contribution in [0, 0.1) is 5.82 Å². The largest absolute Gasteiger partial charge is 0.356 e. The van der Waals surface area contributed by atoms with Crippen molar-refractivity contribution in [3.63, 3.8) is 0 Å². The van der Waals surface area contributed by atoms with Gasteiger partial charge in [-0.3, -0.25) is 4.79 Å². The fourth-order valence-corrected chi connectivity index (χ4v) is 5.91. The van der Waals surface area contributed by atoms with Crippen molar-refractivity contribution >= 4 is 45.9 Å². The van der Waals surface area contributed by atoms with Crippen molar-refractivity contribution in [1.29, 1.82) is 0 Å².